The lowest BCUT2D eigenvalue weighted by atomic mass is 9.88. The molecule has 2 aromatic rings. The monoisotopic (exact) mass is 233 g/mol. The van der Waals surface area contributed by atoms with E-state index in [9.17, 15) is 0 Å². The molecule has 1 aliphatic carbocycles. The molecule has 0 amide bonds. The van der Waals surface area contributed by atoms with Crippen molar-refractivity contribution < 1.29 is 0 Å². The lowest BCUT2D eigenvalue weighted by Gasteiger charge is -2.16. The number of pyridine rings is 1. The van der Waals surface area contributed by atoms with Gasteiger partial charge in [-0.2, -0.15) is 0 Å². The first kappa shape index (κ1) is 11.0. The zero-order valence-corrected chi connectivity index (χ0v) is 10.3. The predicted molar refractivity (Wildman–Crippen MR) is 73.3 cm³/mol. The summed E-state index contributed by atoms with van der Waals surface area (Å²) >= 11 is 0. The zero-order chi connectivity index (χ0) is 12.2. The third kappa shape index (κ3) is 2.28. The van der Waals surface area contributed by atoms with E-state index in [0.717, 1.165) is 5.69 Å². The molecule has 0 aliphatic heterocycles. The van der Waals surface area contributed by atoms with E-state index in [4.69, 9.17) is 0 Å². The topological polar surface area (TPSA) is 12.9 Å². The average Bonchev–Trinajstić information content (AvgIpc) is 2.46. The zero-order valence-electron chi connectivity index (χ0n) is 10.3. The van der Waals surface area contributed by atoms with E-state index in [1.54, 1.807) is 6.20 Å². The standard InChI is InChI=1S/C17H15N/c1-2-10-17-14(6-1)7-5-8-15(17)11-12-16-9-3-4-13-18-16/h3-5,7-9,13H,1-2,6,10H2. The van der Waals surface area contributed by atoms with Crippen molar-refractivity contribution in [3.63, 3.8) is 0 Å². The SMILES string of the molecule is C(#Cc1cccc2c1CCCC2)c1ccccn1. The Morgan fingerprint density at radius 1 is 0.889 bits per heavy atom. The lowest BCUT2D eigenvalue weighted by molar-refractivity contribution is 0.684. The molecular weight excluding hydrogens is 218 g/mol. The minimum atomic E-state index is 0.839. The Morgan fingerprint density at radius 2 is 1.83 bits per heavy atom. The molecule has 0 unspecified atom stereocenters. The maximum Gasteiger partial charge on any atom is 0.113 e. The van der Waals surface area contributed by atoms with Crippen LogP contribution in [0.25, 0.3) is 0 Å². The highest BCUT2D eigenvalue weighted by molar-refractivity contribution is 5.48. The molecule has 0 radical (unpaired) electrons. The van der Waals surface area contributed by atoms with E-state index < -0.39 is 0 Å². The van der Waals surface area contributed by atoms with Crippen LogP contribution in [0.2, 0.25) is 0 Å². The second-order valence-electron chi connectivity index (χ2n) is 4.62. The Balaban J connectivity index is 1.97. The fourth-order valence-corrected chi connectivity index (χ4v) is 2.47. The Hall–Kier alpha value is -2.07. The summed E-state index contributed by atoms with van der Waals surface area (Å²) in [5.41, 5.74) is 4.95. The molecule has 0 bridgehead atoms. The van der Waals surface area contributed by atoms with Crippen LogP contribution in [0.1, 0.15) is 35.2 Å². The number of nitrogens with zero attached hydrogens (tertiary/aromatic N) is 1. The van der Waals surface area contributed by atoms with Gasteiger partial charge in [0.25, 0.3) is 0 Å². The number of benzene rings is 1. The molecule has 1 aliphatic rings. The molecule has 0 fully saturated rings. The molecule has 88 valence electrons. The fourth-order valence-electron chi connectivity index (χ4n) is 2.47. The van der Waals surface area contributed by atoms with Crippen LogP contribution < -0.4 is 0 Å². The number of fused-ring (bicyclic) bond motifs is 1. The largest absolute Gasteiger partial charge is 0.248 e. The number of hydrogen-bond acceptors (Lipinski definition) is 1. The summed E-state index contributed by atoms with van der Waals surface area (Å²) in [4.78, 5) is 4.23. The molecule has 0 spiro atoms. The highest BCUT2D eigenvalue weighted by Gasteiger charge is 2.11. The fraction of sp³-hybridized carbons (Fsp3) is 0.235. The first-order valence-corrected chi connectivity index (χ1v) is 6.47. The molecule has 3 rings (SSSR count). The van der Waals surface area contributed by atoms with Gasteiger partial charge < -0.3 is 0 Å². The third-order valence-electron chi connectivity index (χ3n) is 3.39. The second-order valence-corrected chi connectivity index (χ2v) is 4.62. The maximum atomic E-state index is 4.23. The van der Waals surface area contributed by atoms with Gasteiger partial charge in [-0.05, 0) is 60.9 Å². The summed E-state index contributed by atoms with van der Waals surface area (Å²) in [6.07, 6.45) is 6.75. The van der Waals surface area contributed by atoms with Crippen molar-refractivity contribution in [1.82, 2.24) is 4.98 Å². The average molecular weight is 233 g/mol. The molecule has 1 heterocycles. The molecule has 1 aromatic carbocycles. The van der Waals surface area contributed by atoms with Crippen LogP contribution in [-0.2, 0) is 12.8 Å². The van der Waals surface area contributed by atoms with Crippen molar-refractivity contribution in [2.45, 2.75) is 25.7 Å². The highest BCUT2D eigenvalue weighted by Crippen LogP contribution is 2.23. The van der Waals surface area contributed by atoms with Crippen LogP contribution in [0.4, 0.5) is 0 Å². The Labute approximate surface area is 108 Å². The van der Waals surface area contributed by atoms with E-state index in [1.807, 2.05) is 18.2 Å². The van der Waals surface area contributed by atoms with Gasteiger partial charge in [-0.25, -0.2) is 4.98 Å². The quantitative estimate of drug-likeness (QED) is 0.636. The van der Waals surface area contributed by atoms with Gasteiger partial charge in [0, 0.05) is 11.8 Å². The second kappa shape index (κ2) is 5.06. The van der Waals surface area contributed by atoms with Crippen molar-refractivity contribution >= 4 is 0 Å². The Bertz CT molecular complexity index is 602. The van der Waals surface area contributed by atoms with E-state index >= 15 is 0 Å². The Kier molecular flexibility index (Phi) is 3.10. The summed E-state index contributed by atoms with van der Waals surface area (Å²) in [6.45, 7) is 0. The van der Waals surface area contributed by atoms with E-state index in [0.29, 0.717) is 0 Å². The number of aromatic nitrogens is 1. The van der Waals surface area contributed by atoms with E-state index in [1.165, 1.54) is 42.4 Å². The number of rotatable bonds is 0. The van der Waals surface area contributed by atoms with Crippen LogP contribution in [0.3, 0.4) is 0 Å². The Morgan fingerprint density at radius 3 is 2.72 bits per heavy atom. The van der Waals surface area contributed by atoms with Crippen molar-refractivity contribution in [3.05, 3.63) is 65.0 Å². The summed E-state index contributed by atoms with van der Waals surface area (Å²) in [6, 6.07) is 12.3. The third-order valence-corrected chi connectivity index (χ3v) is 3.39. The maximum absolute atomic E-state index is 4.23. The molecular formula is C17H15N. The number of hydrogen-bond donors (Lipinski definition) is 0. The van der Waals surface area contributed by atoms with Gasteiger partial charge in [-0.1, -0.05) is 24.1 Å². The predicted octanol–water partition coefficient (Wildman–Crippen LogP) is 3.36. The van der Waals surface area contributed by atoms with Crippen molar-refractivity contribution in [2.24, 2.45) is 0 Å². The van der Waals surface area contributed by atoms with Crippen LogP contribution in [-0.4, -0.2) is 4.98 Å². The molecule has 18 heavy (non-hydrogen) atoms. The molecule has 1 heteroatoms. The summed E-state index contributed by atoms with van der Waals surface area (Å²) in [7, 11) is 0. The first-order chi connectivity index (χ1) is 8.93. The van der Waals surface area contributed by atoms with E-state index in [2.05, 4.69) is 35.0 Å². The van der Waals surface area contributed by atoms with Crippen LogP contribution >= 0.6 is 0 Å². The van der Waals surface area contributed by atoms with Gasteiger partial charge in [0.2, 0.25) is 0 Å². The minimum Gasteiger partial charge on any atom is -0.248 e. The molecule has 1 nitrogen and oxygen atoms in total. The minimum absolute atomic E-state index is 0.839. The van der Waals surface area contributed by atoms with Crippen molar-refractivity contribution in [1.29, 1.82) is 0 Å². The normalized spacial score (nSPS) is 13.3. The van der Waals surface area contributed by atoms with Gasteiger partial charge in [-0.15, -0.1) is 0 Å². The molecule has 1 aromatic heterocycles. The van der Waals surface area contributed by atoms with Crippen molar-refractivity contribution in [3.8, 4) is 11.8 Å². The van der Waals surface area contributed by atoms with Gasteiger partial charge in [0.05, 0.1) is 0 Å². The molecule has 0 atom stereocenters. The molecule has 0 saturated carbocycles. The summed E-state index contributed by atoms with van der Waals surface area (Å²) in [5, 5.41) is 0. The van der Waals surface area contributed by atoms with Crippen molar-refractivity contribution in [2.75, 3.05) is 0 Å². The summed E-state index contributed by atoms with van der Waals surface area (Å²) in [5.74, 6) is 6.43. The molecule has 0 saturated heterocycles. The molecule has 0 N–H and O–H groups in total. The first-order valence-electron chi connectivity index (χ1n) is 6.47. The smallest absolute Gasteiger partial charge is 0.113 e. The van der Waals surface area contributed by atoms with Crippen LogP contribution in [0, 0.1) is 11.8 Å². The van der Waals surface area contributed by atoms with Crippen LogP contribution in [0.15, 0.2) is 42.6 Å². The highest BCUT2D eigenvalue weighted by atomic mass is 14.6. The number of aryl methyl sites for hydroxylation is 1. The van der Waals surface area contributed by atoms with Gasteiger partial charge in [0.1, 0.15) is 5.69 Å². The summed E-state index contributed by atoms with van der Waals surface area (Å²) < 4.78 is 0. The van der Waals surface area contributed by atoms with E-state index in [-0.39, 0.29) is 0 Å². The van der Waals surface area contributed by atoms with Gasteiger partial charge >= 0.3 is 0 Å². The van der Waals surface area contributed by atoms with Gasteiger partial charge in [0.15, 0.2) is 0 Å². The lowest BCUT2D eigenvalue weighted by Crippen LogP contribution is -2.04. The van der Waals surface area contributed by atoms with Gasteiger partial charge in [-0.3, -0.25) is 0 Å². The van der Waals surface area contributed by atoms with Crippen LogP contribution in [0.5, 0.6) is 0 Å².